The number of aromatic nitrogens is 4. The van der Waals surface area contributed by atoms with E-state index in [2.05, 4.69) is 15.5 Å². The summed E-state index contributed by atoms with van der Waals surface area (Å²) in [5.74, 6) is 0.580. The maximum absolute atomic E-state index is 12.8. The second-order valence-corrected chi connectivity index (χ2v) is 6.87. The molecular formula is C23H17N5O. The second-order valence-electron chi connectivity index (χ2n) is 6.87. The number of nitrogens with one attached hydrogen (secondary N) is 1. The maximum Gasteiger partial charge on any atom is 0.204 e. The van der Waals surface area contributed by atoms with E-state index in [4.69, 9.17) is 4.98 Å². The number of nitrogens with zero attached hydrogens (tertiary/aromatic N) is 4. The Balaban J connectivity index is 1.61. The Morgan fingerprint density at radius 2 is 1.72 bits per heavy atom. The molecule has 0 atom stereocenters. The molecule has 5 rings (SSSR count). The van der Waals surface area contributed by atoms with Gasteiger partial charge in [-0.2, -0.15) is 0 Å². The van der Waals surface area contributed by atoms with Crippen LogP contribution in [0.2, 0.25) is 0 Å². The Morgan fingerprint density at radius 1 is 0.931 bits per heavy atom. The zero-order chi connectivity index (χ0) is 19.8. The topological polar surface area (TPSA) is 72.2 Å². The van der Waals surface area contributed by atoms with E-state index in [0.717, 1.165) is 16.7 Å². The summed E-state index contributed by atoms with van der Waals surface area (Å²) in [6.45, 7) is 2.04. The van der Waals surface area contributed by atoms with E-state index in [9.17, 15) is 4.79 Å². The molecule has 0 radical (unpaired) electrons. The van der Waals surface area contributed by atoms with E-state index >= 15 is 0 Å². The van der Waals surface area contributed by atoms with E-state index in [1.807, 2.05) is 78.1 Å². The number of hydrogen-bond acceptors (Lipinski definition) is 5. The number of benzene rings is 3. The number of aryl methyl sites for hydroxylation is 1. The third kappa shape index (κ3) is 3.10. The number of carbonyl (C=O) groups is 1. The molecule has 0 aliphatic rings. The molecule has 140 valence electrons. The zero-order valence-corrected chi connectivity index (χ0v) is 15.7. The number of rotatable bonds is 4. The van der Waals surface area contributed by atoms with Crippen molar-refractivity contribution in [3.8, 4) is 0 Å². The van der Waals surface area contributed by atoms with Crippen LogP contribution in [-0.4, -0.2) is 25.4 Å². The zero-order valence-electron chi connectivity index (χ0n) is 15.7. The Bertz CT molecular complexity index is 1340. The van der Waals surface area contributed by atoms with Crippen LogP contribution >= 0.6 is 0 Å². The van der Waals surface area contributed by atoms with E-state index < -0.39 is 0 Å². The number of fused-ring (bicyclic) bond motifs is 3. The third-order valence-electron chi connectivity index (χ3n) is 4.84. The van der Waals surface area contributed by atoms with Crippen LogP contribution in [0, 0.1) is 6.92 Å². The van der Waals surface area contributed by atoms with Gasteiger partial charge in [0.05, 0.1) is 11.0 Å². The van der Waals surface area contributed by atoms with Crippen molar-refractivity contribution in [1.29, 1.82) is 0 Å². The van der Waals surface area contributed by atoms with Crippen LogP contribution in [0.4, 0.5) is 11.5 Å². The quantitative estimate of drug-likeness (QED) is 0.464. The van der Waals surface area contributed by atoms with Gasteiger partial charge in [0.15, 0.2) is 11.6 Å². The minimum absolute atomic E-state index is 0.0319. The maximum atomic E-state index is 12.8. The Hall–Kier alpha value is -4.06. The van der Waals surface area contributed by atoms with Crippen LogP contribution in [0.5, 0.6) is 0 Å². The number of hydrogen-bond donors (Lipinski definition) is 1. The number of ketones is 1. The molecule has 0 spiro atoms. The normalized spacial score (nSPS) is 11.1. The molecule has 0 bridgehead atoms. The van der Waals surface area contributed by atoms with Gasteiger partial charge in [-0.3, -0.25) is 9.20 Å². The van der Waals surface area contributed by atoms with Crippen LogP contribution in [0.3, 0.4) is 0 Å². The molecule has 1 N–H and O–H groups in total. The van der Waals surface area contributed by atoms with Crippen molar-refractivity contribution in [2.24, 2.45) is 0 Å². The van der Waals surface area contributed by atoms with E-state index in [0.29, 0.717) is 22.6 Å². The van der Waals surface area contributed by atoms with Crippen molar-refractivity contribution in [3.63, 3.8) is 0 Å². The molecule has 3 aromatic carbocycles. The third-order valence-corrected chi connectivity index (χ3v) is 4.84. The average molecular weight is 379 g/mol. The first-order valence-corrected chi connectivity index (χ1v) is 9.26. The standard InChI is InChI=1S/C23H17N5O/c1-15-7-10-18(11-8-15)25-22-23-27-24-14-28(23)20-13-17(9-12-19(20)26-22)21(29)16-5-3-2-4-6-16/h2-14H,1H3,(H,25,26). The second kappa shape index (κ2) is 6.83. The van der Waals surface area contributed by atoms with Gasteiger partial charge in [-0.15, -0.1) is 10.2 Å². The molecule has 0 aliphatic heterocycles. The highest BCUT2D eigenvalue weighted by atomic mass is 16.1. The van der Waals surface area contributed by atoms with Crippen LogP contribution in [-0.2, 0) is 0 Å². The molecule has 0 unspecified atom stereocenters. The van der Waals surface area contributed by atoms with Gasteiger partial charge in [0.1, 0.15) is 6.33 Å². The molecule has 6 heteroatoms. The molecule has 0 fully saturated rings. The van der Waals surface area contributed by atoms with Gasteiger partial charge in [-0.25, -0.2) is 4.98 Å². The van der Waals surface area contributed by atoms with Gasteiger partial charge in [0.25, 0.3) is 0 Å². The van der Waals surface area contributed by atoms with Crippen LogP contribution in [0.25, 0.3) is 16.7 Å². The lowest BCUT2D eigenvalue weighted by atomic mass is 10.0. The van der Waals surface area contributed by atoms with Gasteiger partial charge in [-0.1, -0.05) is 48.0 Å². The highest BCUT2D eigenvalue weighted by molar-refractivity contribution is 6.10. The monoisotopic (exact) mass is 379 g/mol. The molecule has 0 saturated carbocycles. The SMILES string of the molecule is Cc1ccc(Nc2nc3ccc(C(=O)c4ccccc4)cc3n3cnnc23)cc1. The minimum atomic E-state index is -0.0319. The lowest BCUT2D eigenvalue weighted by Gasteiger charge is -2.10. The van der Waals surface area contributed by atoms with E-state index in [1.165, 1.54) is 5.56 Å². The molecule has 2 heterocycles. The summed E-state index contributed by atoms with van der Waals surface area (Å²) < 4.78 is 1.85. The lowest BCUT2D eigenvalue weighted by molar-refractivity contribution is 0.103. The summed E-state index contributed by atoms with van der Waals surface area (Å²) in [6, 6.07) is 22.8. The van der Waals surface area contributed by atoms with Crippen molar-refractivity contribution >= 4 is 34.0 Å². The minimum Gasteiger partial charge on any atom is -0.337 e. The fourth-order valence-electron chi connectivity index (χ4n) is 3.31. The number of carbonyl (C=O) groups excluding carboxylic acids is 1. The first-order chi connectivity index (χ1) is 14.2. The average Bonchev–Trinajstić information content (AvgIpc) is 3.26. The fraction of sp³-hybridized carbons (Fsp3) is 0.0435. The molecule has 0 amide bonds. The molecule has 0 saturated heterocycles. The molecule has 29 heavy (non-hydrogen) atoms. The van der Waals surface area contributed by atoms with Crippen LogP contribution in [0.1, 0.15) is 21.5 Å². The Kier molecular flexibility index (Phi) is 4.02. The van der Waals surface area contributed by atoms with Gasteiger partial charge in [0.2, 0.25) is 5.65 Å². The summed E-state index contributed by atoms with van der Waals surface area (Å²) >= 11 is 0. The van der Waals surface area contributed by atoms with Crippen LogP contribution < -0.4 is 5.32 Å². The predicted octanol–water partition coefficient (Wildman–Crippen LogP) is 4.56. The molecule has 6 nitrogen and oxygen atoms in total. The first kappa shape index (κ1) is 17.1. The van der Waals surface area contributed by atoms with Gasteiger partial charge >= 0.3 is 0 Å². The van der Waals surface area contributed by atoms with Gasteiger partial charge < -0.3 is 5.32 Å². The Labute approximate surface area is 166 Å². The summed E-state index contributed by atoms with van der Waals surface area (Å²) in [5.41, 5.74) is 5.48. The summed E-state index contributed by atoms with van der Waals surface area (Å²) in [5, 5.41) is 11.6. The summed E-state index contributed by atoms with van der Waals surface area (Å²) in [7, 11) is 0. The molecule has 2 aromatic heterocycles. The highest BCUT2D eigenvalue weighted by Gasteiger charge is 2.14. The molecule has 0 aliphatic carbocycles. The van der Waals surface area contributed by atoms with Crippen molar-refractivity contribution in [2.45, 2.75) is 6.92 Å². The molecular weight excluding hydrogens is 362 g/mol. The lowest BCUT2D eigenvalue weighted by Crippen LogP contribution is -2.04. The smallest absolute Gasteiger partial charge is 0.204 e. The van der Waals surface area contributed by atoms with E-state index in [1.54, 1.807) is 12.4 Å². The van der Waals surface area contributed by atoms with Crippen molar-refractivity contribution < 1.29 is 4.79 Å². The van der Waals surface area contributed by atoms with E-state index in [-0.39, 0.29) is 5.78 Å². The predicted molar refractivity (Wildman–Crippen MR) is 113 cm³/mol. The van der Waals surface area contributed by atoms with Crippen molar-refractivity contribution in [2.75, 3.05) is 5.32 Å². The summed E-state index contributed by atoms with van der Waals surface area (Å²) in [4.78, 5) is 17.5. The van der Waals surface area contributed by atoms with Gasteiger partial charge in [-0.05, 0) is 37.3 Å². The van der Waals surface area contributed by atoms with Crippen molar-refractivity contribution in [1.82, 2.24) is 19.6 Å². The largest absolute Gasteiger partial charge is 0.337 e. The first-order valence-electron chi connectivity index (χ1n) is 9.26. The van der Waals surface area contributed by atoms with Gasteiger partial charge in [0, 0.05) is 16.8 Å². The Morgan fingerprint density at radius 3 is 2.52 bits per heavy atom. The fourth-order valence-corrected chi connectivity index (χ4v) is 3.31. The molecule has 5 aromatic rings. The highest BCUT2D eigenvalue weighted by Crippen LogP contribution is 2.25. The summed E-state index contributed by atoms with van der Waals surface area (Å²) in [6.07, 6.45) is 1.64. The number of anilines is 2. The van der Waals surface area contributed by atoms with Crippen molar-refractivity contribution in [3.05, 3.63) is 95.8 Å². The van der Waals surface area contributed by atoms with Crippen LogP contribution in [0.15, 0.2) is 79.1 Å².